The molecule has 0 aromatic heterocycles. The van der Waals surface area contributed by atoms with E-state index in [2.05, 4.69) is 33.0 Å². The SMILES string of the molecule is CC(=O)NC[C@H](C)CCC1=C(C)[C@H]2[C@H](C[C@H]3[C@@H]4CC[C@H]5C[C@@H](OC(C)=O)CC[C@]5(C)[C@H]4CC[C@@]32C)O1. The molecule has 202 valence electrons. The normalized spacial score (nSPS) is 44.0. The molecule has 0 saturated heterocycles. The highest BCUT2D eigenvalue weighted by Crippen LogP contribution is 2.69. The Morgan fingerprint density at radius 3 is 2.53 bits per heavy atom. The Morgan fingerprint density at radius 1 is 1.06 bits per heavy atom. The summed E-state index contributed by atoms with van der Waals surface area (Å²) in [6.45, 7) is 13.6. The van der Waals surface area contributed by atoms with E-state index in [0.29, 0.717) is 34.7 Å². The van der Waals surface area contributed by atoms with Gasteiger partial charge >= 0.3 is 5.97 Å². The summed E-state index contributed by atoms with van der Waals surface area (Å²) in [4.78, 5) is 22.8. The van der Waals surface area contributed by atoms with E-state index in [1.54, 1.807) is 13.8 Å². The number of carbonyl (C=O) groups is 2. The van der Waals surface area contributed by atoms with Crippen molar-refractivity contribution in [2.75, 3.05) is 6.54 Å². The summed E-state index contributed by atoms with van der Waals surface area (Å²) in [5.41, 5.74) is 2.29. The van der Waals surface area contributed by atoms with Gasteiger partial charge in [-0.2, -0.15) is 0 Å². The number of allylic oxidation sites excluding steroid dienone is 1. The Bertz CT molecular complexity index is 912. The minimum atomic E-state index is -0.117. The van der Waals surface area contributed by atoms with Crippen LogP contribution in [0, 0.1) is 46.3 Å². The van der Waals surface area contributed by atoms with Crippen LogP contribution in [-0.4, -0.2) is 30.6 Å². The van der Waals surface area contributed by atoms with Crippen molar-refractivity contribution in [3.63, 3.8) is 0 Å². The van der Waals surface area contributed by atoms with Crippen molar-refractivity contribution in [3.8, 4) is 0 Å². The zero-order valence-corrected chi connectivity index (χ0v) is 23.5. The quantitative estimate of drug-likeness (QED) is 0.429. The van der Waals surface area contributed by atoms with Crippen molar-refractivity contribution >= 4 is 11.9 Å². The first-order chi connectivity index (χ1) is 17.0. The summed E-state index contributed by atoms with van der Waals surface area (Å²) in [7, 11) is 0. The fourth-order valence-corrected chi connectivity index (χ4v) is 9.94. The molecule has 1 aliphatic heterocycles. The number of amides is 1. The Hall–Kier alpha value is -1.52. The maximum Gasteiger partial charge on any atom is 0.302 e. The van der Waals surface area contributed by atoms with E-state index in [0.717, 1.165) is 50.0 Å². The van der Waals surface area contributed by atoms with Gasteiger partial charge in [0.15, 0.2) is 0 Å². The van der Waals surface area contributed by atoms with E-state index >= 15 is 0 Å². The third-order valence-electron chi connectivity index (χ3n) is 11.7. The van der Waals surface area contributed by atoms with Crippen LogP contribution in [0.5, 0.6) is 0 Å². The monoisotopic (exact) mass is 499 g/mol. The lowest BCUT2D eigenvalue weighted by Crippen LogP contribution is -2.54. The molecule has 0 unspecified atom stereocenters. The van der Waals surface area contributed by atoms with Gasteiger partial charge in [0, 0.05) is 32.7 Å². The minimum absolute atomic E-state index is 0.0544. The Labute approximate surface area is 218 Å². The molecule has 5 heteroatoms. The fraction of sp³-hybridized carbons (Fsp3) is 0.871. The summed E-state index contributed by atoms with van der Waals surface area (Å²) in [6, 6.07) is 0. The molecule has 0 aromatic carbocycles. The Kier molecular flexibility index (Phi) is 7.00. The van der Waals surface area contributed by atoms with Crippen molar-refractivity contribution in [3.05, 3.63) is 11.3 Å². The van der Waals surface area contributed by atoms with Gasteiger partial charge in [-0.25, -0.2) is 0 Å². The predicted molar refractivity (Wildman–Crippen MR) is 141 cm³/mol. The zero-order valence-electron chi connectivity index (χ0n) is 23.5. The molecular weight excluding hydrogens is 450 g/mol. The van der Waals surface area contributed by atoms with Crippen LogP contribution >= 0.6 is 0 Å². The van der Waals surface area contributed by atoms with Gasteiger partial charge in [-0.1, -0.05) is 20.8 Å². The standard InChI is InChI=1S/C31H49NO4/c1-18(17-32-20(3)33)7-10-27-19(2)29-28(36-27)16-26-24-9-8-22-15-23(35-21(4)34)11-13-30(22,5)25(24)12-14-31(26,29)6/h18,22-26,28-29H,7-17H2,1-6H3,(H,32,33)/t18-,22+,23+,24-,25+,26+,28+,29+,30+,31+/m1/s1. The maximum atomic E-state index is 11.6. The number of fused-ring (bicyclic) bond motifs is 7. The smallest absolute Gasteiger partial charge is 0.302 e. The molecule has 4 saturated carbocycles. The van der Waals surface area contributed by atoms with Gasteiger partial charge in [0.25, 0.3) is 0 Å². The van der Waals surface area contributed by atoms with Gasteiger partial charge in [0.2, 0.25) is 5.91 Å². The molecule has 5 rings (SSSR count). The third kappa shape index (κ3) is 4.41. The third-order valence-corrected chi connectivity index (χ3v) is 11.7. The van der Waals surface area contributed by atoms with Gasteiger partial charge in [-0.3, -0.25) is 9.59 Å². The highest BCUT2D eigenvalue weighted by molar-refractivity contribution is 5.72. The van der Waals surface area contributed by atoms with Crippen molar-refractivity contribution in [1.82, 2.24) is 5.32 Å². The number of rotatable bonds is 6. The lowest BCUT2D eigenvalue weighted by Gasteiger charge is -2.61. The number of carbonyl (C=O) groups excluding carboxylic acids is 2. The largest absolute Gasteiger partial charge is 0.494 e. The molecule has 1 heterocycles. The summed E-state index contributed by atoms with van der Waals surface area (Å²) in [5, 5.41) is 2.96. The highest BCUT2D eigenvalue weighted by atomic mass is 16.5. The lowest BCUT2D eigenvalue weighted by atomic mass is 9.44. The average Bonchev–Trinajstić information content (AvgIpc) is 3.29. The lowest BCUT2D eigenvalue weighted by molar-refractivity contribution is -0.159. The van der Waals surface area contributed by atoms with Crippen LogP contribution in [0.25, 0.3) is 0 Å². The van der Waals surface area contributed by atoms with Crippen LogP contribution in [0.1, 0.15) is 106 Å². The van der Waals surface area contributed by atoms with Crippen LogP contribution in [0.15, 0.2) is 11.3 Å². The molecule has 36 heavy (non-hydrogen) atoms. The van der Waals surface area contributed by atoms with Crippen molar-refractivity contribution in [2.45, 2.75) is 118 Å². The summed E-state index contributed by atoms with van der Waals surface area (Å²) >= 11 is 0. The summed E-state index contributed by atoms with van der Waals surface area (Å²) < 4.78 is 12.4. The van der Waals surface area contributed by atoms with Gasteiger partial charge in [-0.15, -0.1) is 0 Å². The number of ether oxygens (including phenoxy) is 2. The molecule has 10 atom stereocenters. The Balaban J connectivity index is 1.26. The van der Waals surface area contributed by atoms with Crippen LogP contribution in [-0.2, 0) is 19.1 Å². The van der Waals surface area contributed by atoms with Crippen molar-refractivity contribution in [2.24, 2.45) is 46.3 Å². The molecule has 1 amide bonds. The molecule has 5 aliphatic rings. The summed E-state index contributed by atoms with van der Waals surface area (Å²) in [6.07, 6.45) is 12.4. The second kappa shape index (κ2) is 9.66. The van der Waals surface area contributed by atoms with Crippen LogP contribution in [0.2, 0.25) is 0 Å². The topological polar surface area (TPSA) is 64.6 Å². The first kappa shape index (κ1) is 26.1. The van der Waals surface area contributed by atoms with E-state index in [1.807, 2.05) is 0 Å². The maximum absolute atomic E-state index is 11.6. The molecule has 4 fully saturated rings. The molecule has 0 aromatic rings. The molecule has 1 N–H and O–H groups in total. The highest BCUT2D eigenvalue weighted by Gasteiger charge is 2.64. The molecule has 4 aliphatic carbocycles. The van der Waals surface area contributed by atoms with Crippen molar-refractivity contribution < 1.29 is 19.1 Å². The van der Waals surface area contributed by atoms with E-state index in [-0.39, 0.29) is 18.0 Å². The number of hydrogen-bond acceptors (Lipinski definition) is 4. The van der Waals surface area contributed by atoms with Crippen LogP contribution < -0.4 is 5.32 Å². The van der Waals surface area contributed by atoms with E-state index in [9.17, 15) is 9.59 Å². The van der Waals surface area contributed by atoms with Gasteiger partial charge in [0.1, 0.15) is 12.2 Å². The first-order valence-electron chi connectivity index (χ1n) is 14.8. The zero-order chi connectivity index (χ0) is 25.8. The first-order valence-corrected chi connectivity index (χ1v) is 14.8. The minimum Gasteiger partial charge on any atom is -0.494 e. The molecule has 0 bridgehead atoms. The van der Waals surface area contributed by atoms with E-state index < -0.39 is 0 Å². The number of nitrogens with one attached hydrogen (secondary N) is 1. The molecular formula is C31H49NO4. The molecule has 5 nitrogen and oxygen atoms in total. The summed E-state index contributed by atoms with van der Waals surface area (Å²) in [5.74, 6) is 5.32. The predicted octanol–water partition coefficient (Wildman–Crippen LogP) is 6.41. The van der Waals surface area contributed by atoms with Crippen molar-refractivity contribution in [1.29, 1.82) is 0 Å². The number of hydrogen-bond donors (Lipinski definition) is 1. The van der Waals surface area contributed by atoms with E-state index in [4.69, 9.17) is 9.47 Å². The number of esters is 1. The van der Waals surface area contributed by atoms with Crippen LogP contribution in [0.4, 0.5) is 0 Å². The Morgan fingerprint density at radius 2 is 1.81 bits per heavy atom. The second-order valence-electron chi connectivity index (χ2n) is 13.8. The fourth-order valence-electron chi connectivity index (χ4n) is 9.94. The molecule has 0 radical (unpaired) electrons. The van der Waals surface area contributed by atoms with E-state index in [1.165, 1.54) is 49.9 Å². The van der Waals surface area contributed by atoms with Gasteiger partial charge < -0.3 is 14.8 Å². The molecule has 0 spiro atoms. The van der Waals surface area contributed by atoms with Gasteiger partial charge in [0.05, 0.1) is 5.76 Å². The second-order valence-corrected chi connectivity index (χ2v) is 13.8. The average molecular weight is 500 g/mol. The van der Waals surface area contributed by atoms with Crippen LogP contribution in [0.3, 0.4) is 0 Å². The van der Waals surface area contributed by atoms with Gasteiger partial charge in [-0.05, 0) is 111 Å².